The Kier molecular flexibility index (Phi) is 4.78. The van der Waals surface area contributed by atoms with Crippen LogP contribution in [0, 0.1) is 5.92 Å². The summed E-state index contributed by atoms with van der Waals surface area (Å²) in [5, 5.41) is 2.02. The Morgan fingerprint density at radius 1 is 1.61 bits per heavy atom. The summed E-state index contributed by atoms with van der Waals surface area (Å²) in [7, 11) is 0. The summed E-state index contributed by atoms with van der Waals surface area (Å²) in [5.74, 6) is 0.833. The van der Waals surface area contributed by atoms with Crippen LogP contribution in [-0.4, -0.2) is 36.6 Å². The second-order valence-corrected chi connectivity index (χ2v) is 6.23. The molecule has 0 N–H and O–H groups in total. The first-order chi connectivity index (χ1) is 8.66. The molecule has 18 heavy (non-hydrogen) atoms. The number of rotatable bonds is 4. The lowest BCUT2D eigenvalue weighted by atomic mass is 10.0. The van der Waals surface area contributed by atoms with E-state index in [1.54, 1.807) is 11.3 Å². The van der Waals surface area contributed by atoms with Gasteiger partial charge in [-0.05, 0) is 23.8 Å². The maximum atomic E-state index is 12.3. The predicted molar refractivity (Wildman–Crippen MR) is 73.8 cm³/mol. The van der Waals surface area contributed by atoms with Crippen molar-refractivity contribution < 1.29 is 9.53 Å². The molecule has 1 aromatic rings. The van der Waals surface area contributed by atoms with Gasteiger partial charge >= 0.3 is 0 Å². The highest BCUT2D eigenvalue weighted by molar-refractivity contribution is 7.10. The van der Waals surface area contributed by atoms with Gasteiger partial charge in [0, 0.05) is 11.4 Å². The van der Waals surface area contributed by atoms with Crippen LogP contribution in [0.25, 0.3) is 0 Å². The molecule has 0 bridgehead atoms. The summed E-state index contributed by atoms with van der Waals surface area (Å²) in [5.41, 5.74) is 0. The normalized spacial score (nSPS) is 20.4. The van der Waals surface area contributed by atoms with Gasteiger partial charge in [-0.25, -0.2) is 0 Å². The van der Waals surface area contributed by atoms with Crippen LogP contribution in [0.3, 0.4) is 0 Å². The van der Waals surface area contributed by atoms with Crippen LogP contribution >= 0.6 is 11.3 Å². The molecule has 1 amide bonds. The first kappa shape index (κ1) is 13.6. The molecule has 1 fully saturated rings. The van der Waals surface area contributed by atoms with E-state index in [2.05, 4.69) is 13.8 Å². The fourth-order valence-corrected chi connectivity index (χ4v) is 3.08. The van der Waals surface area contributed by atoms with Crippen LogP contribution in [0.1, 0.15) is 25.1 Å². The van der Waals surface area contributed by atoms with E-state index in [1.165, 1.54) is 0 Å². The Balaban J connectivity index is 1.97. The zero-order chi connectivity index (χ0) is 13.0. The van der Waals surface area contributed by atoms with Gasteiger partial charge in [0.25, 0.3) is 0 Å². The van der Waals surface area contributed by atoms with E-state index in [0.29, 0.717) is 25.6 Å². The molecule has 0 unspecified atom stereocenters. The average molecular weight is 267 g/mol. The number of hydrogen-bond acceptors (Lipinski definition) is 3. The van der Waals surface area contributed by atoms with E-state index in [-0.39, 0.29) is 11.9 Å². The van der Waals surface area contributed by atoms with Gasteiger partial charge in [-0.1, -0.05) is 19.9 Å². The minimum Gasteiger partial charge on any atom is -0.377 e. The third-order valence-electron chi connectivity index (χ3n) is 3.20. The third-order valence-corrected chi connectivity index (χ3v) is 4.07. The zero-order valence-corrected chi connectivity index (χ0v) is 11.9. The Bertz CT molecular complexity index is 375. The molecule has 1 saturated heterocycles. The third kappa shape index (κ3) is 3.56. The van der Waals surface area contributed by atoms with Crippen LogP contribution in [0.2, 0.25) is 0 Å². The predicted octanol–water partition coefficient (Wildman–Crippen LogP) is 2.56. The van der Waals surface area contributed by atoms with E-state index in [1.807, 2.05) is 22.4 Å². The van der Waals surface area contributed by atoms with Crippen molar-refractivity contribution >= 4 is 17.2 Å². The van der Waals surface area contributed by atoms with E-state index < -0.39 is 0 Å². The lowest BCUT2D eigenvalue weighted by Crippen LogP contribution is -2.49. The van der Waals surface area contributed by atoms with Crippen molar-refractivity contribution in [3.63, 3.8) is 0 Å². The maximum Gasteiger partial charge on any atom is 0.228 e. The van der Waals surface area contributed by atoms with E-state index in [4.69, 9.17) is 4.74 Å². The number of hydrogen-bond donors (Lipinski definition) is 0. The molecule has 0 aliphatic carbocycles. The number of nitrogens with zero attached hydrogens (tertiary/aromatic N) is 1. The lowest BCUT2D eigenvalue weighted by Gasteiger charge is -2.36. The molecular formula is C14H21NO2S. The fourth-order valence-electron chi connectivity index (χ4n) is 2.39. The maximum absolute atomic E-state index is 12.3. The molecule has 0 spiro atoms. The summed E-state index contributed by atoms with van der Waals surface area (Å²) in [6, 6.07) is 4.28. The fraction of sp³-hybridized carbons (Fsp3) is 0.643. The van der Waals surface area contributed by atoms with Crippen molar-refractivity contribution in [1.29, 1.82) is 0 Å². The molecule has 2 heterocycles. The van der Waals surface area contributed by atoms with Crippen molar-refractivity contribution in [1.82, 2.24) is 4.90 Å². The van der Waals surface area contributed by atoms with Gasteiger partial charge in [-0.15, -0.1) is 11.3 Å². The van der Waals surface area contributed by atoms with Crippen LogP contribution in [0.5, 0.6) is 0 Å². The number of carbonyl (C=O) groups is 1. The van der Waals surface area contributed by atoms with Crippen molar-refractivity contribution in [3.8, 4) is 0 Å². The van der Waals surface area contributed by atoms with Crippen molar-refractivity contribution in [2.75, 3.05) is 19.8 Å². The minimum atomic E-state index is 0.242. The Hall–Kier alpha value is -0.870. The molecule has 0 aromatic carbocycles. The highest BCUT2D eigenvalue weighted by Crippen LogP contribution is 2.18. The molecule has 4 heteroatoms. The van der Waals surface area contributed by atoms with Gasteiger partial charge in [0.15, 0.2) is 0 Å². The lowest BCUT2D eigenvalue weighted by molar-refractivity contribution is -0.139. The summed E-state index contributed by atoms with van der Waals surface area (Å²) in [6.07, 6.45) is 1.56. The highest BCUT2D eigenvalue weighted by atomic mass is 32.1. The van der Waals surface area contributed by atoms with E-state index >= 15 is 0 Å². The Morgan fingerprint density at radius 2 is 2.44 bits per heavy atom. The summed E-state index contributed by atoms with van der Waals surface area (Å²) in [4.78, 5) is 15.5. The number of ether oxygens (including phenoxy) is 1. The number of carbonyl (C=O) groups excluding carboxylic acids is 1. The molecule has 1 atom stereocenters. The minimum absolute atomic E-state index is 0.242. The summed E-state index contributed by atoms with van der Waals surface area (Å²) >= 11 is 1.65. The monoisotopic (exact) mass is 267 g/mol. The molecule has 0 radical (unpaired) electrons. The quantitative estimate of drug-likeness (QED) is 0.839. The van der Waals surface area contributed by atoms with Gasteiger partial charge in [0.05, 0.1) is 25.7 Å². The summed E-state index contributed by atoms with van der Waals surface area (Å²) in [6.45, 7) is 6.48. The zero-order valence-electron chi connectivity index (χ0n) is 11.1. The van der Waals surface area contributed by atoms with Gasteiger partial charge in [0.2, 0.25) is 5.91 Å². The average Bonchev–Trinajstić information content (AvgIpc) is 2.81. The second-order valence-electron chi connectivity index (χ2n) is 5.20. The molecule has 100 valence electrons. The van der Waals surface area contributed by atoms with Crippen molar-refractivity contribution in [2.24, 2.45) is 5.92 Å². The first-order valence-corrected chi connectivity index (χ1v) is 7.44. The van der Waals surface area contributed by atoms with Gasteiger partial charge in [0.1, 0.15) is 0 Å². The van der Waals surface area contributed by atoms with Gasteiger partial charge in [-0.2, -0.15) is 0 Å². The highest BCUT2D eigenvalue weighted by Gasteiger charge is 2.27. The second kappa shape index (κ2) is 6.34. The largest absolute Gasteiger partial charge is 0.377 e. The van der Waals surface area contributed by atoms with Crippen LogP contribution < -0.4 is 0 Å². The smallest absolute Gasteiger partial charge is 0.228 e. The molecule has 3 nitrogen and oxygen atoms in total. The van der Waals surface area contributed by atoms with E-state index in [0.717, 1.165) is 17.8 Å². The molecule has 1 aliphatic heterocycles. The van der Waals surface area contributed by atoms with Crippen molar-refractivity contribution in [2.45, 2.75) is 32.7 Å². The Labute approximate surface area is 113 Å². The molecule has 0 saturated carbocycles. The van der Waals surface area contributed by atoms with Crippen LogP contribution in [0.4, 0.5) is 0 Å². The van der Waals surface area contributed by atoms with Crippen LogP contribution in [0.15, 0.2) is 17.5 Å². The first-order valence-electron chi connectivity index (χ1n) is 6.56. The summed E-state index contributed by atoms with van der Waals surface area (Å²) < 4.78 is 5.51. The number of thiophene rings is 1. The molecule has 1 aromatic heterocycles. The number of morpholine rings is 1. The van der Waals surface area contributed by atoms with E-state index in [9.17, 15) is 4.79 Å². The SMILES string of the molecule is CC(C)C[C@@H]1COCCN1C(=O)Cc1cccs1. The molecule has 2 rings (SSSR count). The van der Waals surface area contributed by atoms with Crippen LogP contribution in [-0.2, 0) is 16.0 Å². The molecular weight excluding hydrogens is 246 g/mol. The topological polar surface area (TPSA) is 29.5 Å². The Morgan fingerprint density at radius 3 is 3.11 bits per heavy atom. The van der Waals surface area contributed by atoms with Gasteiger partial charge in [-0.3, -0.25) is 4.79 Å². The van der Waals surface area contributed by atoms with Crippen molar-refractivity contribution in [3.05, 3.63) is 22.4 Å². The van der Waals surface area contributed by atoms with Gasteiger partial charge < -0.3 is 9.64 Å². The standard InChI is InChI=1S/C14H21NO2S/c1-11(2)8-12-10-17-6-5-15(12)14(16)9-13-4-3-7-18-13/h3-4,7,11-12H,5-6,8-10H2,1-2H3/t12-/m1/s1. The molecule has 1 aliphatic rings. The number of amides is 1.